The van der Waals surface area contributed by atoms with Crippen LogP contribution in [0.5, 0.6) is 5.75 Å². The first-order valence-corrected chi connectivity index (χ1v) is 9.25. The van der Waals surface area contributed by atoms with Crippen molar-refractivity contribution in [1.29, 1.82) is 0 Å². The van der Waals surface area contributed by atoms with E-state index in [9.17, 15) is 9.18 Å². The number of nitrogens with zero attached hydrogens (tertiary/aromatic N) is 2. The molecule has 1 N–H and O–H groups in total. The van der Waals surface area contributed by atoms with Gasteiger partial charge in [-0.1, -0.05) is 44.2 Å². The predicted molar refractivity (Wildman–Crippen MR) is 104 cm³/mol. The molecule has 140 valence electrons. The van der Waals surface area contributed by atoms with Crippen LogP contribution in [0.3, 0.4) is 0 Å². The van der Waals surface area contributed by atoms with Gasteiger partial charge in [0.05, 0.1) is 0 Å². The summed E-state index contributed by atoms with van der Waals surface area (Å²) in [6.45, 7) is 6.57. The number of hydrogen-bond donors (Lipinski definition) is 1. The van der Waals surface area contributed by atoms with Crippen molar-refractivity contribution in [3.8, 4) is 5.75 Å². The number of carbonyl (C=O) groups excluding carboxylic acids is 1. The van der Waals surface area contributed by atoms with Gasteiger partial charge < -0.3 is 4.74 Å². The second-order valence-corrected chi connectivity index (χ2v) is 8.09. The minimum atomic E-state index is -0.321. The van der Waals surface area contributed by atoms with E-state index in [-0.39, 0.29) is 23.7 Å². The molecule has 1 amide bonds. The van der Waals surface area contributed by atoms with Crippen molar-refractivity contribution in [2.75, 3.05) is 5.32 Å². The van der Waals surface area contributed by atoms with Gasteiger partial charge in [-0.05, 0) is 47.4 Å². The van der Waals surface area contributed by atoms with Crippen LogP contribution in [-0.4, -0.2) is 16.1 Å². The number of amides is 1. The van der Waals surface area contributed by atoms with Crippen molar-refractivity contribution in [2.24, 2.45) is 0 Å². The lowest BCUT2D eigenvalue weighted by Crippen LogP contribution is -2.14. The molecule has 0 radical (unpaired) electrons. The van der Waals surface area contributed by atoms with Crippen LogP contribution in [0.15, 0.2) is 48.5 Å². The number of aromatic nitrogens is 2. The monoisotopic (exact) mass is 385 g/mol. The molecule has 3 aromatic rings. The van der Waals surface area contributed by atoms with Crippen LogP contribution < -0.4 is 10.1 Å². The Balaban J connectivity index is 1.58. The van der Waals surface area contributed by atoms with Gasteiger partial charge in [0.1, 0.15) is 18.2 Å². The standard InChI is InChI=1S/C20H20FN3O2S/c1-20(2,3)14-6-4-13(5-7-14)18(25)22-19-24-23-17(27-19)12-26-16-10-8-15(21)9-11-16/h4-11H,12H2,1-3H3,(H,22,24,25). The second-order valence-electron chi connectivity index (χ2n) is 7.03. The highest BCUT2D eigenvalue weighted by atomic mass is 32.1. The Morgan fingerprint density at radius 3 is 2.37 bits per heavy atom. The van der Waals surface area contributed by atoms with Crippen molar-refractivity contribution in [1.82, 2.24) is 10.2 Å². The van der Waals surface area contributed by atoms with Gasteiger partial charge in [0.15, 0.2) is 5.01 Å². The Hall–Kier alpha value is -2.80. The first kappa shape index (κ1) is 19.0. The highest BCUT2D eigenvalue weighted by Crippen LogP contribution is 2.23. The molecule has 0 unspecified atom stereocenters. The lowest BCUT2D eigenvalue weighted by molar-refractivity contribution is 0.102. The number of benzene rings is 2. The third-order valence-corrected chi connectivity index (χ3v) is 4.69. The molecule has 3 rings (SSSR count). The maximum Gasteiger partial charge on any atom is 0.257 e. The van der Waals surface area contributed by atoms with Crippen LogP contribution in [0.25, 0.3) is 0 Å². The maximum absolute atomic E-state index is 12.9. The maximum atomic E-state index is 12.9. The van der Waals surface area contributed by atoms with Gasteiger partial charge in [-0.25, -0.2) is 4.39 Å². The van der Waals surface area contributed by atoms with Crippen LogP contribution in [0, 0.1) is 5.82 Å². The van der Waals surface area contributed by atoms with E-state index in [1.54, 1.807) is 24.3 Å². The number of rotatable bonds is 5. The van der Waals surface area contributed by atoms with Crippen molar-refractivity contribution in [3.63, 3.8) is 0 Å². The molecule has 1 aromatic heterocycles. The van der Waals surface area contributed by atoms with Crippen molar-refractivity contribution < 1.29 is 13.9 Å². The zero-order chi connectivity index (χ0) is 19.4. The highest BCUT2D eigenvalue weighted by Gasteiger charge is 2.15. The second kappa shape index (κ2) is 7.84. The van der Waals surface area contributed by atoms with E-state index in [0.29, 0.717) is 21.5 Å². The van der Waals surface area contributed by atoms with Crippen LogP contribution >= 0.6 is 11.3 Å². The first-order valence-electron chi connectivity index (χ1n) is 8.44. The summed E-state index contributed by atoms with van der Waals surface area (Å²) in [6.07, 6.45) is 0. The van der Waals surface area contributed by atoms with Gasteiger partial charge in [0.2, 0.25) is 5.13 Å². The summed E-state index contributed by atoms with van der Waals surface area (Å²) in [5.74, 6) is -0.0208. The third kappa shape index (κ3) is 5.10. The Kier molecular flexibility index (Phi) is 5.51. The Bertz CT molecular complexity index is 916. The van der Waals surface area contributed by atoms with Crippen molar-refractivity contribution in [3.05, 3.63) is 70.5 Å². The van der Waals surface area contributed by atoms with Gasteiger partial charge in [-0.2, -0.15) is 0 Å². The van der Waals surface area contributed by atoms with E-state index in [0.717, 1.165) is 5.56 Å². The highest BCUT2D eigenvalue weighted by molar-refractivity contribution is 7.15. The molecular weight excluding hydrogens is 365 g/mol. The molecule has 0 spiro atoms. The normalized spacial score (nSPS) is 11.3. The molecule has 0 aliphatic rings. The topological polar surface area (TPSA) is 64.1 Å². The van der Waals surface area contributed by atoms with Crippen molar-refractivity contribution in [2.45, 2.75) is 32.8 Å². The first-order chi connectivity index (χ1) is 12.8. The molecule has 7 heteroatoms. The Morgan fingerprint density at radius 2 is 1.74 bits per heavy atom. The molecular formula is C20H20FN3O2S. The third-order valence-electron chi connectivity index (χ3n) is 3.88. The van der Waals surface area contributed by atoms with Gasteiger partial charge in [0, 0.05) is 5.56 Å². The van der Waals surface area contributed by atoms with E-state index in [1.807, 2.05) is 12.1 Å². The average molecular weight is 385 g/mol. The molecule has 0 fully saturated rings. The fourth-order valence-corrected chi connectivity index (χ4v) is 2.98. The molecule has 0 saturated carbocycles. The van der Waals surface area contributed by atoms with Gasteiger partial charge in [-0.15, -0.1) is 10.2 Å². The molecule has 0 atom stereocenters. The van der Waals surface area contributed by atoms with Crippen LogP contribution in [0.1, 0.15) is 41.7 Å². The summed E-state index contributed by atoms with van der Waals surface area (Å²) in [5, 5.41) is 11.7. The summed E-state index contributed by atoms with van der Waals surface area (Å²) in [5.41, 5.74) is 1.76. The van der Waals surface area contributed by atoms with Crippen LogP contribution in [0.4, 0.5) is 9.52 Å². The van der Waals surface area contributed by atoms with Gasteiger partial charge in [0.25, 0.3) is 5.91 Å². The van der Waals surface area contributed by atoms with E-state index < -0.39 is 0 Å². The Morgan fingerprint density at radius 1 is 1.07 bits per heavy atom. The summed E-state index contributed by atoms with van der Waals surface area (Å²) in [4.78, 5) is 12.4. The molecule has 0 bridgehead atoms. The summed E-state index contributed by atoms with van der Waals surface area (Å²) in [7, 11) is 0. The minimum Gasteiger partial charge on any atom is -0.486 e. The smallest absolute Gasteiger partial charge is 0.257 e. The number of ether oxygens (including phenoxy) is 1. The quantitative estimate of drug-likeness (QED) is 0.685. The number of halogens is 1. The molecule has 5 nitrogen and oxygen atoms in total. The SMILES string of the molecule is CC(C)(C)c1ccc(C(=O)Nc2nnc(COc3ccc(F)cc3)s2)cc1. The number of hydrogen-bond acceptors (Lipinski definition) is 5. The predicted octanol–water partition coefficient (Wildman–Crippen LogP) is 4.81. The molecule has 0 saturated heterocycles. The molecule has 27 heavy (non-hydrogen) atoms. The Labute approximate surface area is 161 Å². The fourth-order valence-electron chi connectivity index (χ4n) is 2.33. The summed E-state index contributed by atoms with van der Waals surface area (Å²) >= 11 is 1.23. The zero-order valence-electron chi connectivity index (χ0n) is 15.3. The largest absolute Gasteiger partial charge is 0.486 e. The van der Waals surface area contributed by atoms with E-state index in [2.05, 4.69) is 36.3 Å². The zero-order valence-corrected chi connectivity index (χ0v) is 16.1. The summed E-state index contributed by atoms with van der Waals surface area (Å²) in [6, 6.07) is 13.2. The van der Waals surface area contributed by atoms with E-state index in [1.165, 1.54) is 23.5 Å². The number of nitrogens with one attached hydrogen (secondary N) is 1. The lowest BCUT2D eigenvalue weighted by Gasteiger charge is -2.18. The molecule has 2 aromatic carbocycles. The van der Waals surface area contributed by atoms with Gasteiger partial charge in [-0.3, -0.25) is 10.1 Å². The molecule has 0 aliphatic carbocycles. The fraction of sp³-hybridized carbons (Fsp3) is 0.250. The van der Waals surface area contributed by atoms with E-state index in [4.69, 9.17) is 4.74 Å². The van der Waals surface area contributed by atoms with E-state index >= 15 is 0 Å². The summed E-state index contributed by atoms with van der Waals surface area (Å²) < 4.78 is 18.4. The van der Waals surface area contributed by atoms with Gasteiger partial charge >= 0.3 is 0 Å². The average Bonchev–Trinajstić information content (AvgIpc) is 3.08. The number of anilines is 1. The van der Waals surface area contributed by atoms with Crippen molar-refractivity contribution >= 4 is 22.4 Å². The molecule has 0 aliphatic heterocycles. The minimum absolute atomic E-state index is 0.0354. The number of carbonyl (C=O) groups is 1. The molecule has 1 heterocycles. The lowest BCUT2D eigenvalue weighted by atomic mass is 9.87. The van der Waals surface area contributed by atoms with Crippen LogP contribution in [-0.2, 0) is 12.0 Å². The van der Waals surface area contributed by atoms with Crippen LogP contribution in [0.2, 0.25) is 0 Å².